The normalized spacial score (nSPS) is 13.1. The maximum atomic E-state index is 13.5. The highest BCUT2D eigenvalue weighted by Gasteiger charge is 2.59. The number of rotatable bonds is 11. The fourth-order valence-corrected chi connectivity index (χ4v) is 16.1. The molecule has 550 valence electrons. The number of nitrogens with zero attached hydrogens (tertiary/aromatic N) is 5. The first-order valence-corrected chi connectivity index (χ1v) is 38.6. The average Bonchev–Trinajstić information content (AvgIpc) is 1.38. The van der Waals surface area contributed by atoms with Crippen LogP contribution in [-0.4, -0.2) is 68.2 Å². The number of ketones is 2. The van der Waals surface area contributed by atoms with Gasteiger partial charge in [-0.1, -0.05) is 181 Å². The summed E-state index contributed by atoms with van der Waals surface area (Å²) in [5, 5.41) is 5.49. The number of aromatic nitrogens is 4. The van der Waals surface area contributed by atoms with Crippen LogP contribution in [0.2, 0.25) is 5.02 Å². The van der Waals surface area contributed by atoms with Gasteiger partial charge in [-0.05, 0) is 164 Å². The zero-order valence-corrected chi connectivity index (χ0v) is 62.6. The third-order valence-electron chi connectivity index (χ3n) is 17.7. The van der Waals surface area contributed by atoms with E-state index in [-0.39, 0.29) is 47.4 Å². The second-order valence-corrected chi connectivity index (χ2v) is 33.0. The first-order valence-electron chi connectivity index (χ1n) is 33.4. The Hall–Kier alpha value is -10.6. The molecular weight excluding hydrogens is 1470 g/mol. The molecule has 0 bridgehead atoms. The molecule has 0 unspecified atom stereocenters. The quantitative estimate of drug-likeness (QED) is 0.0993. The number of para-hydroxylation sites is 1. The number of carbonyl (C=O) groups is 2. The maximum Gasteiger partial charge on any atom is 0.281 e. The van der Waals surface area contributed by atoms with Gasteiger partial charge in [-0.3, -0.25) is 29.1 Å². The Morgan fingerprint density at radius 2 is 1.21 bits per heavy atom. The molecular formula is C84H75ClF6N6O6S4. The summed E-state index contributed by atoms with van der Waals surface area (Å²) in [4.78, 5) is 66.5. The SMILES string of the molecule is C.C=C1C=c2[nH]n(-c3ccccc3Cl)c(=O)c2=C(c2cccc(N(C)C)c2)N1C.CC(=O)c1ccc2c(c1)Cc1ccccc1S2.CS(F)(F)(F)(F)c1cccc(-n2sc3ccc(F)cc3c2=O)c1.Cc1ccc(CC(=O)Cc2ccc(C)cc2)cc1.O=c1c2cc(F)ccc2sn1-c1ccc2c(c1)OCC2. The van der Waals surface area contributed by atoms with Crippen LogP contribution in [0.25, 0.3) is 49.0 Å². The Balaban J connectivity index is 0.000000134. The highest BCUT2D eigenvalue weighted by molar-refractivity contribution is 8.49. The van der Waals surface area contributed by atoms with E-state index in [0.717, 1.165) is 113 Å². The average molecular weight is 1540 g/mol. The Kier molecular flexibility index (Phi) is 22.5. The Morgan fingerprint density at radius 1 is 0.626 bits per heavy atom. The van der Waals surface area contributed by atoms with Crippen molar-refractivity contribution in [2.45, 2.75) is 68.6 Å². The minimum atomic E-state index is -8.35. The predicted octanol–water partition coefficient (Wildman–Crippen LogP) is 19.2. The van der Waals surface area contributed by atoms with Crippen molar-refractivity contribution in [1.82, 2.24) is 22.6 Å². The third-order valence-corrected chi connectivity index (χ3v) is 22.9. The molecule has 6 heterocycles. The van der Waals surface area contributed by atoms with Gasteiger partial charge in [-0.25, -0.2) is 21.4 Å². The number of aryl methyl sites for hydroxylation is 2. The van der Waals surface area contributed by atoms with Gasteiger partial charge in [0.1, 0.15) is 23.2 Å². The summed E-state index contributed by atoms with van der Waals surface area (Å²) in [5.74, 6) is 0.222. The van der Waals surface area contributed by atoms with Crippen LogP contribution in [0, 0.1) is 25.5 Å². The van der Waals surface area contributed by atoms with Gasteiger partial charge >= 0.3 is 0 Å². The molecule has 107 heavy (non-hydrogen) atoms. The van der Waals surface area contributed by atoms with Gasteiger partial charge in [0.25, 0.3) is 16.7 Å². The molecule has 0 atom stereocenters. The highest BCUT2D eigenvalue weighted by atomic mass is 35.5. The van der Waals surface area contributed by atoms with Gasteiger partial charge < -0.3 is 14.5 Å². The predicted molar refractivity (Wildman–Crippen MR) is 427 cm³/mol. The summed E-state index contributed by atoms with van der Waals surface area (Å²) in [6, 6.07) is 63.3. The molecule has 13 aromatic rings. The molecule has 0 spiro atoms. The summed E-state index contributed by atoms with van der Waals surface area (Å²) in [6.07, 6.45) is 4.38. The zero-order valence-electron chi connectivity index (χ0n) is 58.6. The van der Waals surface area contributed by atoms with E-state index < -0.39 is 31.9 Å². The lowest BCUT2D eigenvalue weighted by molar-refractivity contribution is -0.117. The molecule has 0 saturated carbocycles. The van der Waals surface area contributed by atoms with Gasteiger partial charge in [0.05, 0.1) is 76.3 Å². The minimum absolute atomic E-state index is 0. The van der Waals surface area contributed by atoms with Crippen molar-refractivity contribution < 1.29 is 38.6 Å². The van der Waals surface area contributed by atoms with Gasteiger partial charge in [-0.15, -0.1) is 15.5 Å². The van der Waals surface area contributed by atoms with Crippen molar-refractivity contribution in [2.75, 3.05) is 38.9 Å². The molecule has 0 radical (unpaired) electrons. The first-order chi connectivity index (χ1) is 50.3. The summed E-state index contributed by atoms with van der Waals surface area (Å²) in [5.41, 5.74) is 13.1. The lowest BCUT2D eigenvalue weighted by Crippen LogP contribution is -2.43. The second kappa shape index (κ2) is 31.1. The van der Waals surface area contributed by atoms with E-state index in [1.165, 1.54) is 72.5 Å². The third kappa shape index (κ3) is 17.9. The van der Waals surface area contributed by atoms with Crippen LogP contribution in [0.4, 0.5) is 30.0 Å². The van der Waals surface area contributed by atoms with Crippen molar-refractivity contribution in [2.24, 2.45) is 0 Å². The number of allylic oxidation sites excluding steroid dienone is 1. The number of aromatic amines is 1. The van der Waals surface area contributed by atoms with Gasteiger partial charge in [0.2, 0.25) is 0 Å². The Labute approximate surface area is 631 Å². The monoisotopic (exact) mass is 1540 g/mol. The molecule has 0 fully saturated rings. The van der Waals surface area contributed by atoms with E-state index in [4.69, 9.17) is 16.3 Å². The van der Waals surface area contributed by atoms with Crippen LogP contribution < -0.4 is 36.9 Å². The standard InChI is InChI=1S/C22H21ClN4O.C17H18O.C15H10FNO2S.C15H12OS.C14H10F5NOS2.CH4/c1-14-12-18-20(22(28)27(24-18)19-11-6-5-10-17(19)23)21(26(14)4)15-8-7-9-16(13-15)25(2)3;1-13-3-7-15(8-4-13)11-17(18)12-16-9-5-14(2)6-10-16;16-10-2-4-14-12(7-10)15(18)17(20-14)11-3-1-9-5-6-19-13(9)8-11;1-10(16)11-6-7-15-13(8-11)9-12-4-2-3-5-14(12)17-15;1-23(16,17,18,19)11-4-2-3-10(8-11)20-14(21)12-7-9(15)5-6-13(12)22-20;/h5-13,24H,1H2,2-4H3;3-10H,11-12H2,1-2H3;1-4,7-8H,5-6H2;2-8H,9H2,1H3;2-8H,1H3;1H4. The molecule has 0 aliphatic carbocycles. The van der Waals surface area contributed by atoms with Crippen molar-refractivity contribution in [3.05, 3.63) is 339 Å². The van der Waals surface area contributed by atoms with Crippen LogP contribution in [0.1, 0.15) is 69.2 Å². The van der Waals surface area contributed by atoms with E-state index in [1.807, 2.05) is 128 Å². The number of carbonyl (C=O) groups excluding carboxylic acids is 2. The van der Waals surface area contributed by atoms with Gasteiger partial charge in [-0.2, -0.15) is 0 Å². The summed E-state index contributed by atoms with van der Waals surface area (Å²) in [6.45, 7) is 10.5. The number of nitrogens with one attached hydrogen (secondary N) is 1. The number of ether oxygens (including phenoxy) is 1. The first kappa shape index (κ1) is 77.5. The zero-order chi connectivity index (χ0) is 75.6. The topological polar surface area (TPSA) is 132 Å². The van der Waals surface area contributed by atoms with E-state index in [2.05, 4.69) is 86.2 Å². The fourth-order valence-electron chi connectivity index (χ4n) is 12.0. The second-order valence-electron chi connectivity index (χ2n) is 26.1. The summed E-state index contributed by atoms with van der Waals surface area (Å²) < 4.78 is 91.4. The lowest BCUT2D eigenvalue weighted by Gasteiger charge is -2.46. The number of halogens is 7. The van der Waals surface area contributed by atoms with Gasteiger partial charge in [0, 0.05) is 78.8 Å². The maximum absolute atomic E-state index is 13.5. The molecule has 23 heteroatoms. The number of anilines is 1. The summed E-state index contributed by atoms with van der Waals surface area (Å²) in [7, 11) is -2.44. The van der Waals surface area contributed by atoms with Crippen LogP contribution in [-0.2, 0) is 30.5 Å². The van der Waals surface area contributed by atoms with E-state index in [1.54, 1.807) is 34.8 Å². The van der Waals surface area contributed by atoms with Crippen LogP contribution in [0.3, 0.4) is 0 Å². The molecule has 10 aromatic carbocycles. The van der Waals surface area contributed by atoms with Crippen molar-refractivity contribution in [3.8, 4) is 22.8 Å². The highest BCUT2D eigenvalue weighted by Crippen LogP contribution is 2.98. The molecule has 16 rings (SSSR count). The number of hydrogen-bond donors (Lipinski definition) is 1. The molecule has 3 aliphatic heterocycles. The van der Waals surface area contributed by atoms with E-state index in [9.17, 15) is 48.3 Å². The Bertz CT molecular complexity index is 5880. The minimum Gasteiger partial charge on any atom is -0.493 e. The number of H-pyrrole nitrogens is 1. The molecule has 3 aromatic heterocycles. The number of hydrogen-bond acceptors (Lipinski definition) is 11. The Morgan fingerprint density at radius 3 is 1.80 bits per heavy atom. The molecule has 0 saturated heterocycles. The van der Waals surface area contributed by atoms with Crippen LogP contribution in [0.5, 0.6) is 5.75 Å². The number of fused-ring (bicyclic) bond motifs is 6. The summed E-state index contributed by atoms with van der Waals surface area (Å²) >= 11 is 10.3. The van der Waals surface area contributed by atoms with Crippen LogP contribution in [0.15, 0.2) is 260 Å². The molecule has 12 nitrogen and oxygen atoms in total. The lowest BCUT2D eigenvalue weighted by atomic mass is 10.0. The van der Waals surface area contributed by atoms with E-state index in [0.29, 0.717) is 57.6 Å². The number of Topliss-reactive ketones (excluding diaryl/α,β-unsaturated/α-hetero) is 2. The molecule has 0 amide bonds. The number of benzene rings is 10. The van der Waals surface area contributed by atoms with Crippen molar-refractivity contribution >= 4 is 105 Å². The largest absolute Gasteiger partial charge is 0.493 e. The fraction of sp³-hybridized carbons (Fsp3) is 0.155. The molecule has 3 aliphatic rings. The van der Waals surface area contributed by atoms with Crippen LogP contribution >= 0.6 is 56.3 Å². The van der Waals surface area contributed by atoms with Crippen molar-refractivity contribution in [1.29, 1.82) is 0 Å². The van der Waals surface area contributed by atoms with Gasteiger partial charge in [0.15, 0.2) is 15.6 Å². The van der Waals surface area contributed by atoms with E-state index >= 15 is 0 Å². The molecule has 1 N–H and O–H groups in total. The van der Waals surface area contributed by atoms with Crippen molar-refractivity contribution in [3.63, 3.8) is 0 Å². The smallest absolute Gasteiger partial charge is 0.281 e.